The second-order valence-corrected chi connectivity index (χ2v) is 5.88. The molecule has 0 spiro atoms. The van der Waals surface area contributed by atoms with E-state index in [0.717, 1.165) is 12.8 Å². The molecule has 0 saturated carbocycles. The van der Waals surface area contributed by atoms with Gasteiger partial charge in [-0.3, -0.25) is 4.79 Å². The molecule has 0 saturated heterocycles. The van der Waals surface area contributed by atoms with E-state index in [4.69, 9.17) is 4.74 Å². The molecular weight excluding hydrogens is 322 g/mol. The zero-order chi connectivity index (χ0) is 18.2. The summed E-state index contributed by atoms with van der Waals surface area (Å²) in [6.45, 7) is 6.28. The van der Waals surface area contributed by atoms with Gasteiger partial charge >= 0.3 is 5.97 Å². The SMILES string of the molecule is CCCCNC(=O)Cn1nnc(-c2cccc(C(=O)OC(C)C)c2)n1. The molecule has 8 heteroatoms. The van der Waals surface area contributed by atoms with E-state index in [0.29, 0.717) is 23.5 Å². The molecule has 0 aliphatic carbocycles. The molecule has 1 heterocycles. The molecule has 1 amide bonds. The molecule has 0 aliphatic rings. The van der Waals surface area contributed by atoms with Crippen LogP contribution < -0.4 is 5.32 Å². The number of ether oxygens (including phenoxy) is 1. The van der Waals surface area contributed by atoms with Gasteiger partial charge in [0.25, 0.3) is 0 Å². The number of unbranched alkanes of at least 4 members (excludes halogenated alkanes) is 1. The third kappa shape index (κ3) is 5.66. The first-order valence-corrected chi connectivity index (χ1v) is 8.35. The Labute approximate surface area is 146 Å². The van der Waals surface area contributed by atoms with Crippen molar-refractivity contribution in [3.8, 4) is 11.4 Å². The Morgan fingerprint density at radius 2 is 2.12 bits per heavy atom. The second-order valence-electron chi connectivity index (χ2n) is 5.88. The van der Waals surface area contributed by atoms with E-state index in [2.05, 4.69) is 27.7 Å². The monoisotopic (exact) mass is 345 g/mol. The highest BCUT2D eigenvalue weighted by molar-refractivity contribution is 5.90. The zero-order valence-electron chi connectivity index (χ0n) is 14.7. The third-order valence-electron chi connectivity index (χ3n) is 3.29. The number of hydrogen-bond acceptors (Lipinski definition) is 6. The highest BCUT2D eigenvalue weighted by Crippen LogP contribution is 2.16. The fourth-order valence-electron chi connectivity index (χ4n) is 2.08. The van der Waals surface area contributed by atoms with Crippen LogP contribution in [0.15, 0.2) is 24.3 Å². The van der Waals surface area contributed by atoms with Crippen LogP contribution in [0.25, 0.3) is 11.4 Å². The number of benzene rings is 1. The highest BCUT2D eigenvalue weighted by atomic mass is 16.5. The number of carbonyl (C=O) groups is 2. The molecule has 134 valence electrons. The van der Waals surface area contributed by atoms with Gasteiger partial charge in [-0.2, -0.15) is 4.80 Å². The lowest BCUT2D eigenvalue weighted by Gasteiger charge is -2.08. The van der Waals surface area contributed by atoms with Crippen LogP contribution in [0, 0.1) is 0 Å². The summed E-state index contributed by atoms with van der Waals surface area (Å²) in [5.41, 5.74) is 1.05. The van der Waals surface area contributed by atoms with Crippen LogP contribution in [0.2, 0.25) is 0 Å². The predicted molar refractivity (Wildman–Crippen MR) is 91.7 cm³/mol. The van der Waals surface area contributed by atoms with Gasteiger partial charge < -0.3 is 10.1 Å². The minimum Gasteiger partial charge on any atom is -0.459 e. The first-order chi connectivity index (χ1) is 12.0. The predicted octanol–water partition coefficient (Wildman–Crippen LogP) is 1.82. The Balaban J connectivity index is 2.04. The summed E-state index contributed by atoms with van der Waals surface area (Å²) in [4.78, 5) is 25.0. The van der Waals surface area contributed by atoms with E-state index < -0.39 is 5.97 Å². The van der Waals surface area contributed by atoms with Gasteiger partial charge in [-0.15, -0.1) is 10.2 Å². The normalized spacial score (nSPS) is 10.7. The Morgan fingerprint density at radius 1 is 1.32 bits per heavy atom. The average Bonchev–Trinajstić information content (AvgIpc) is 3.03. The van der Waals surface area contributed by atoms with Crippen molar-refractivity contribution in [2.75, 3.05) is 6.54 Å². The number of amides is 1. The van der Waals surface area contributed by atoms with Gasteiger partial charge in [0.05, 0.1) is 11.7 Å². The maximum atomic E-state index is 12.0. The summed E-state index contributed by atoms with van der Waals surface area (Å²) >= 11 is 0. The topological polar surface area (TPSA) is 99.0 Å². The van der Waals surface area contributed by atoms with Crippen LogP contribution in [-0.2, 0) is 16.1 Å². The van der Waals surface area contributed by atoms with Crippen molar-refractivity contribution in [3.05, 3.63) is 29.8 Å². The van der Waals surface area contributed by atoms with Crippen molar-refractivity contribution in [1.82, 2.24) is 25.5 Å². The number of hydrogen-bond donors (Lipinski definition) is 1. The lowest BCUT2D eigenvalue weighted by atomic mass is 10.1. The van der Waals surface area contributed by atoms with Crippen LogP contribution >= 0.6 is 0 Å². The van der Waals surface area contributed by atoms with Gasteiger partial charge in [0.15, 0.2) is 0 Å². The largest absolute Gasteiger partial charge is 0.459 e. The third-order valence-corrected chi connectivity index (χ3v) is 3.29. The number of carbonyl (C=O) groups excluding carboxylic acids is 2. The zero-order valence-corrected chi connectivity index (χ0v) is 14.7. The minimum absolute atomic E-state index is 0.00575. The lowest BCUT2D eigenvalue weighted by Crippen LogP contribution is -2.29. The van der Waals surface area contributed by atoms with Crippen molar-refractivity contribution in [2.24, 2.45) is 0 Å². The van der Waals surface area contributed by atoms with Gasteiger partial charge in [0, 0.05) is 12.1 Å². The Bertz CT molecular complexity index is 727. The average molecular weight is 345 g/mol. The minimum atomic E-state index is -0.403. The Kier molecular flexibility index (Phi) is 6.62. The molecule has 1 aromatic heterocycles. The number of rotatable bonds is 8. The van der Waals surface area contributed by atoms with E-state index in [-0.39, 0.29) is 18.6 Å². The first-order valence-electron chi connectivity index (χ1n) is 8.35. The molecule has 0 aliphatic heterocycles. The molecule has 0 unspecified atom stereocenters. The van der Waals surface area contributed by atoms with E-state index in [1.165, 1.54) is 4.80 Å². The maximum Gasteiger partial charge on any atom is 0.338 e. The Morgan fingerprint density at radius 3 is 2.84 bits per heavy atom. The number of nitrogens with one attached hydrogen (secondary N) is 1. The standard InChI is InChI=1S/C17H23N5O3/c1-4-5-9-18-15(23)11-22-20-16(19-21-22)13-7-6-8-14(10-13)17(24)25-12(2)3/h6-8,10,12H,4-5,9,11H2,1-3H3,(H,18,23). The molecule has 0 radical (unpaired) electrons. The first kappa shape index (κ1) is 18.6. The molecular formula is C17H23N5O3. The number of nitrogens with zero attached hydrogens (tertiary/aromatic N) is 4. The van der Waals surface area contributed by atoms with Crippen LogP contribution in [-0.4, -0.2) is 44.7 Å². The van der Waals surface area contributed by atoms with Crippen molar-refractivity contribution < 1.29 is 14.3 Å². The quantitative estimate of drug-likeness (QED) is 0.579. The fraction of sp³-hybridized carbons (Fsp3) is 0.471. The molecule has 1 aromatic carbocycles. The van der Waals surface area contributed by atoms with Crippen molar-refractivity contribution in [3.63, 3.8) is 0 Å². The molecule has 2 aromatic rings. The molecule has 0 atom stereocenters. The second kappa shape index (κ2) is 8.91. The summed E-state index contributed by atoms with van der Waals surface area (Å²) in [6.07, 6.45) is 1.75. The van der Waals surface area contributed by atoms with Crippen molar-refractivity contribution in [2.45, 2.75) is 46.3 Å². The van der Waals surface area contributed by atoms with E-state index in [1.54, 1.807) is 38.1 Å². The summed E-state index contributed by atoms with van der Waals surface area (Å²) in [5, 5.41) is 14.8. The summed E-state index contributed by atoms with van der Waals surface area (Å²) in [7, 11) is 0. The highest BCUT2D eigenvalue weighted by Gasteiger charge is 2.13. The van der Waals surface area contributed by atoms with Gasteiger partial charge in [-0.1, -0.05) is 25.5 Å². The van der Waals surface area contributed by atoms with Crippen LogP contribution in [0.4, 0.5) is 0 Å². The van der Waals surface area contributed by atoms with Crippen LogP contribution in [0.3, 0.4) is 0 Å². The van der Waals surface area contributed by atoms with Gasteiger partial charge in [0.1, 0.15) is 6.54 Å². The fourth-order valence-corrected chi connectivity index (χ4v) is 2.08. The van der Waals surface area contributed by atoms with Gasteiger partial charge in [0.2, 0.25) is 11.7 Å². The lowest BCUT2D eigenvalue weighted by molar-refractivity contribution is -0.122. The summed E-state index contributed by atoms with van der Waals surface area (Å²) < 4.78 is 5.18. The number of esters is 1. The summed E-state index contributed by atoms with van der Waals surface area (Å²) in [5.74, 6) is -0.216. The van der Waals surface area contributed by atoms with Gasteiger partial charge in [-0.25, -0.2) is 4.79 Å². The van der Waals surface area contributed by atoms with Crippen molar-refractivity contribution in [1.29, 1.82) is 0 Å². The molecule has 1 N–H and O–H groups in total. The number of tetrazole rings is 1. The van der Waals surface area contributed by atoms with Crippen LogP contribution in [0.5, 0.6) is 0 Å². The van der Waals surface area contributed by atoms with E-state index in [9.17, 15) is 9.59 Å². The van der Waals surface area contributed by atoms with Gasteiger partial charge in [-0.05, 0) is 37.6 Å². The molecule has 25 heavy (non-hydrogen) atoms. The molecule has 2 rings (SSSR count). The maximum absolute atomic E-state index is 12.0. The summed E-state index contributed by atoms with van der Waals surface area (Å²) in [6, 6.07) is 6.81. The van der Waals surface area contributed by atoms with Crippen LogP contribution in [0.1, 0.15) is 44.0 Å². The number of aromatic nitrogens is 4. The van der Waals surface area contributed by atoms with Crippen molar-refractivity contribution >= 4 is 11.9 Å². The molecule has 0 bridgehead atoms. The van der Waals surface area contributed by atoms with E-state index >= 15 is 0 Å². The molecule has 0 fully saturated rings. The molecule has 8 nitrogen and oxygen atoms in total. The Hall–Kier alpha value is -2.77. The van der Waals surface area contributed by atoms with E-state index in [1.807, 2.05) is 0 Å². The smallest absolute Gasteiger partial charge is 0.338 e.